The third-order valence-corrected chi connectivity index (χ3v) is 2.52. The minimum atomic E-state index is 1.22. The van der Waals surface area contributed by atoms with Crippen LogP contribution in [0.1, 0.15) is 30.9 Å². The lowest BCUT2D eigenvalue weighted by atomic mass is 9.99. The maximum absolute atomic E-state index is 2.25. The normalized spacial score (nSPS) is 16.8. The lowest BCUT2D eigenvalue weighted by Gasteiger charge is -2.05. The van der Waals surface area contributed by atoms with Crippen LogP contribution in [0.4, 0.5) is 0 Å². The summed E-state index contributed by atoms with van der Waals surface area (Å²) in [5, 5.41) is 0. The van der Waals surface area contributed by atoms with Crippen molar-refractivity contribution < 1.29 is 0 Å². The van der Waals surface area contributed by atoms with Crippen molar-refractivity contribution in [1.29, 1.82) is 0 Å². The number of hydrogen-bond donors (Lipinski definition) is 0. The number of aryl methyl sites for hydroxylation is 1. The van der Waals surface area contributed by atoms with Crippen LogP contribution in [-0.4, -0.2) is 0 Å². The van der Waals surface area contributed by atoms with E-state index in [1.165, 1.54) is 24.8 Å². The minimum absolute atomic E-state index is 1.22. The Balaban J connectivity index is 2.39. The monoisotopic (exact) mass is 145 g/mol. The number of rotatable bonds is 1. The highest BCUT2D eigenvalue weighted by Gasteiger charge is 2.19. The highest BCUT2D eigenvalue weighted by molar-refractivity contribution is 5.43. The average Bonchev–Trinajstić information content (AvgIpc) is 2.47. The van der Waals surface area contributed by atoms with Gasteiger partial charge in [0.2, 0.25) is 0 Å². The van der Waals surface area contributed by atoms with E-state index in [0.717, 1.165) is 0 Å². The Hall–Kier alpha value is -0.780. The van der Waals surface area contributed by atoms with Gasteiger partial charge in [0.1, 0.15) is 0 Å². The van der Waals surface area contributed by atoms with Gasteiger partial charge in [0, 0.05) is 5.92 Å². The van der Waals surface area contributed by atoms with Gasteiger partial charge in [-0.15, -0.1) is 0 Å². The van der Waals surface area contributed by atoms with Crippen molar-refractivity contribution in [2.24, 2.45) is 0 Å². The molecule has 2 rings (SSSR count). The summed E-state index contributed by atoms with van der Waals surface area (Å²) in [5.74, 6) is 1.64. The Kier molecular flexibility index (Phi) is 1.69. The molecule has 0 unspecified atom stereocenters. The number of hydrogen-bond acceptors (Lipinski definition) is 0. The maximum atomic E-state index is 2.25. The van der Waals surface area contributed by atoms with Crippen molar-refractivity contribution in [3.8, 4) is 0 Å². The van der Waals surface area contributed by atoms with Crippen LogP contribution in [-0.2, 0) is 6.42 Å². The Bertz CT molecular complexity index is 250. The van der Waals surface area contributed by atoms with E-state index in [0.29, 0.717) is 0 Å². The largest absolute Gasteiger partial charge is 0.0645 e. The summed E-state index contributed by atoms with van der Waals surface area (Å²) >= 11 is 0. The number of benzene rings is 1. The Morgan fingerprint density at radius 1 is 1.18 bits per heavy atom. The summed E-state index contributed by atoms with van der Waals surface area (Å²) in [5.41, 5.74) is 3.07. The van der Waals surface area contributed by atoms with Gasteiger partial charge in [0.15, 0.2) is 0 Å². The van der Waals surface area contributed by atoms with E-state index in [1.54, 1.807) is 11.5 Å². The molecule has 0 aliphatic heterocycles. The molecule has 0 amide bonds. The molecule has 11 heavy (non-hydrogen) atoms. The summed E-state index contributed by atoms with van der Waals surface area (Å²) in [7, 11) is 0. The molecule has 0 nitrogen and oxygen atoms in total. The van der Waals surface area contributed by atoms with Crippen molar-refractivity contribution in [2.75, 3.05) is 0 Å². The van der Waals surface area contributed by atoms with Gasteiger partial charge in [0.05, 0.1) is 0 Å². The highest BCUT2D eigenvalue weighted by atomic mass is 14.2. The molecular formula is C11H13. The van der Waals surface area contributed by atoms with Crippen LogP contribution in [0.2, 0.25) is 0 Å². The molecule has 0 aromatic heterocycles. The second-order valence-corrected chi connectivity index (χ2v) is 3.11. The first kappa shape index (κ1) is 6.90. The van der Waals surface area contributed by atoms with Crippen molar-refractivity contribution >= 4 is 0 Å². The molecule has 0 fully saturated rings. The molecule has 0 atom stereocenters. The molecule has 1 aliphatic rings. The highest BCUT2D eigenvalue weighted by Crippen LogP contribution is 2.33. The predicted octanol–water partition coefficient (Wildman–Crippen LogP) is 2.97. The van der Waals surface area contributed by atoms with E-state index in [1.807, 2.05) is 0 Å². The molecule has 1 aromatic carbocycles. The molecule has 1 aliphatic carbocycles. The van der Waals surface area contributed by atoms with Crippen LogP contribution in [0.25, 0.3) is 0 Å². The third kappa shape index (κ3) is 1.07. The molecule has 1 radical (unpaired) electrons. The molecule has 0 saturated carbocycles. The molecule has 0 spiro atoms. The molecule has 0 bridgehead atoms. The van der Waals surface area contributed by atoms with Crippen molar-refractivity contribution in [1.82, 2.24) is 0 Å². The second kappa shape index (κ2) is 2.69. The van der Waals surface area contributed by atoms with Crippen LogP contribution < -0.4 is 0 Å². The molecule has 57 valence electrons. The van der Waals surface area contributed by atoms with Crippen molar-refractivity contribution in [3.05, 3.63) is 41.3 Å². The van der Waals surface area contributed by atoms with E-state index >= 15 is 0 Å². The van der Waals surface area contributed by atoms with Crippen LogP contribution in [0.5, 0.6) is 0 Å². The van der Waals surface area contributed by atoms with Crippen LogP contribution >= 0.6 is 0 Å². The quantitative estimate of drug-likeness (QED) is 0.570. The fraction of sp³-hybridized carbons (Fsp3) is 0.364. The lowest BCUT2D eigenvalue weighted by Crippen LogP contribution is -1.90. The van der Waals surface area contributed by atoms with E-state index in [2.05, 4.69) is 31.2 Å². The topological polar surface area (TPSA) is 0 Å². The first-order chi connectivity index (χ1) is 5.42. The Morgan fingerprint density at radius 2 is 2.00 bits per heavy atom. The lowest BCUT2D eigenvalue weighted by molar-refractivity contribution is 0.852. The van der Waals surface area contributed by atoms with E-state index < -0.39 is 0 Å². The fourth-order valence-electron chi connectivity index (χ4n) is 1.87. The number of fused-ring (bicyclic) bond motifs is 1. The van der Waals surface area contributed by atoms with Crippen molar-refractivity contribution in [3.63, 3.8) is 0 Å². The van der Waals surface area contributed by atoms with Crippen molar-refractivity contribution in [2.45, 2.75) is 26.2 Å². The minimum Gasteiger partial charge on any atom is -0.0645 e. The predicted molar refractivity (Wildman–Crippen MR) is 47.4 cm³/mol. The van der Waals surface area contributed by atoms with Gasteiger partial charge in [-0.1, -0.05) is 31.2 Å². The summed E-state index contributed by atoms with van der Waals surface area (Å²) in [6.07, 6.45) is 3.77. The smallest absolute Gasteiger partial charge is 0.00532 e. The maximum Gasteiger partial charge on any atom is 0.00532 e. The molecule has 0 heteroatoms. The fourth-order valence-corrected chi connectivity index (χ4v) is 1.87. The molecule has 0 N–H and O–H groups in total. The van der Waals surface area contributed by atoms with Gasteiger partial charge in [-0.25, -0.2) is 0 Å². The first-order valence-corrected chi connectivity index (χ1v) is 4.35. The van der Waals surface area contributed by atoms with E-state index in [4.69, 9.17) is 0 Å². The Labute approximate surface area is 68.3 Å². The second-order valence-electron chi connectivity index (χ2n) is 3.11. The molecule has 0 heterocycles. The van der Waals surface area contributed by atoms with Crippen LogP contribution in [0, 0.1) is 5.92 Å². The molecular weight excluding hydrogens is 132 g/mol. The molecule has 1 aromatic rings. The zero-order valence-corrected chi connectivity index (χ0v) is 6.93. The third-order valence-electron chi connectivity index (χ3n) is 2.52. The molecule has 0 saturated heterocycles. The van der Waals surface area contributed by atoms with Gasteiger partial charge in [-0.2, -0.15) is 0 Å². The SMILES string of the molecule is CC[C]1CCc2ccccc21. The van der Waals surface area contributed by atoms with Gasteiger partial charge in [0.25, 0.3) is 0 Å². The van der Waals surface area contributed by atoms with E-state index in [9.17, 15) is 0 Å². The zero-order valence-electron chi connectivity index (χ0n) is 6.93. The first-order valence-electron chi connectivity index (χ1n) is 4.35. The Morgan fingerprint density at radius 3 is 2.82 bits per heavy atom. The van der Waals surface area contributed by atoms with E-state index in [-0.39, 0.29) is 0 Å². The van der Waals surface area contributed by atoms with Gasteiger partial charge >= 0.3 is 0 Å². The standard InChI is InChI=1S/C11H13/c1-2-9-7-8-10-5-3-4-6-11(9)10/h3-6H,2,7-8H2,1H3. The summed E-state index contributed by atoms with van der Waals surface area (Å²) in [6, 6.07) is 8.77. The van der Waals surface area contributed by atoms with Gasteiger partial charge in [-0.05, 0) is 30.4 Å². The summed E-state index contributed by atoms with van der Waals surface area (Å²) in [6.45, 7) is 2.25. The average molecular weight is 145 g/mol. The summed E-state index contributed by atoms with van der Waals surface area (Å²) in [4.78, 5) is 0. The summed E-state index contributed by atoms with van der Waals surface area (Å²) < 4.78 is 0. The van der Waals surface area contributed by atoms with Gasteiger partial charge in [-0.3, -0.25) is 0 Å². The zero-order chi connectivity index (χ0) is 7.68. The van der Waals surface area contributed by atoms with Crippen LogP contribution in [0.15, 0.2) is 24.3 Å². The van der Waals surface area contributed by atoms with Gasteiger partial charge < -0.3 is 0 Å². The van der Waals surface area contributed by atoms with Crippen LogP contribution in [0.3, 0.4) is 0 Å².